The smallest absolute Gasteiger partial charge is 0.309 e. The maximum Gasteiger partial charge on any atom is 0.309 e. The first-order chi connectivity index (χ1) is 19.2. The SMILES string of the molecule is COC(=O)CC=C(NOCc1ccc(OCc2ccc(-c3ccccc3)n3ccnc23)cc1)c1ccccc1. The number of aromatic nitrogens is 2. The Morgan fingerprint density at radius 3 is 2.38 bits per heavy atom. The summed E-state index contributed by atoms with van der Waals surface area (Å²) in [6.07, 6.45) is 5.67. The molecule has 0 aliphatic carbocycles. The number of nitrogens with zero attached hydrogens (tertiary/aromatic N) is 2. The third kappa shape index (κ3) is 6.52. The van der Waals surface area contributed by atoms with E-state index < -0.39 is 0 Å². The van der Waals surface area contributed by atoms with Gasteiger partial charge in [0.1, 0.15) is 18.0 Å². The molecule has 0 saturated carbocycles. The van der Waals surface area contributed by atoms with Crippen LogP contribution in [0.1, 0.15) is 23.1 Å². The molecule has 0 fully saturated rings. The van der Waals surface area contributed by atoms with Crippen molar-refractivity contribution in [2.45, 2.75) is 19.6 Å². The molecule has 0 saturated heterocycles. The van der Waals surface area contributed by atoms with Gasteiger partial charge in [0.25, 0.3) is 0 Å². The lowest BCUT2D eigenvalue weighted by molar-refractivity contribution is -0.139. The maximum absolute atomic E-state index is 11.6. The van der Waals surface area contributed by atoms with Gasteiger partial charge < -0.3 is 9.47 Å². The van der Waals surface area contributed by atoms with Gasteiger partial charge in [0, 0.05) is 18.0 Å². The van der Waals surface area contributed by atoms with Crippen LogP contribution in [0.4, 0.5) is 0 Å². The minimum Gasteiger partial charge on any atom is -0.489 e. The zero-order valence-corrected chi connectivity index (χ0v) is 21.6. The van der Waals surface area contributed by atoms with Crippen LogP contribution < -0.4 is 10.2 Å². The molecule has 0 bridgehead atoms. The van der Waals surface area contributed by atoms with E-state index in [4.69, 9.17) is 14.3 Å². The number of hydrogen-bond donors (Lipinski definition) is 1. The molecule has 7 nitrogen and oxygen atoms in total. The standard InChI is InChI=1S/C32H29N3O4/c1-37-31(36)19-17-29(25-8-4-2-5-9-25)34-39-22-24-12-15-28(16-13-24)38-23-27-14-18-30(26-10-6-3-7-11-26)35-21-20-33-32(27)35/h2-18,20-21,34H,19,22-23H2,1H3. The van der Waals surface area contributed by atoms with E-state index in [0.717, 1.165) is 39.3 Å². The zero-order valence-electron chi connectivity index (χ0n) is 21.6. The summed E-state index contributed by atoms with van der Waals surface area (Å²) < 4.78 is 12.9. The van der Waals surface area contributed by atoms with Crippen LogP contribution in [0.15, 0.2) is 116 Å². The second kappa shape index (κ2) is 12.6. The molecule has 39 heavy (non-hydrogen) atoms. The second-order valence-corrected chi connectivity index (χ2v) is 8.82. The number of hydroxylamine groups is 1. The molecule has 0 spiro atoms. The maximum atomic E-state index is 11.6. The van der Waals surface area contributed by atoms with Crippen molar-refractivity contribution in [1.82, 2.24) is 14.9 Å². The average Bonchev–Trinajstić information content (AvgIpc) is 3.49. The molecule has 1 N–H and O–H groups in total. The summed E-state index contributed by atoms with van der Waals surface area (Å²) in [6, 6.07) is 31.9. The van der Waals surface area contributed by atoms with E-state index in [-0.39, 0.29) is 12.4 Å². The molecule has 0 unspecified atom stereocenters. The summed E-state index contributed by atoms with van der Waals surface area (Å²) in [4.78, 5) is 21.9. The van der Waals surface area contributed by atoms with Gasteiger partial charge in [0.2, 0.25) is 0 Å². The lowest BCUT2D eigenvalue weighted by Crippen LogP contribution is -2.14. The van der Waals surface area contributed by atoms with Crippen LogP contribution in [0.2, 0.25) is 0 Å². The molecule has 2 aromatic heterocycles. The number of carbonyl (C=O) groups is 1. The Hall–Kier alpha value is -4.88. The Bertz CT molecular complexity index is 1550. The van der Waals surface area contributed by atoms with E-state index in [1.54, 1.807) is 6.08 Å². The Kier molecular flexibility index (Phi) is 8.31. The van der Waals surface area contributed by atoms with Crippen LogP contribution in [-0.2, 0) is 27.6 Å². The first kappa shape index (κ1) is 25.8. The zero-order chi connectivity index (χ0) is 26.9. The van der Waals surface area contributed by atoms with Gasteiger partial charge in [-0.3, -0.25) is 19.5 Å². The van der Waals surface area contributed by atoms with Crippen molar-refractivity contribution < 1.29 is 19.1 Å². The van der Waals surface area contributed by atoms with Crippen LogP contribution >= 0.6 is 0 Å². The molecule has 7 heteroatoms. The molecule has 0 aliphatic heterocycles. The van der Waals surface area contributed by atoms with Crippen molar-refractivity contribution in [1.29, 1.82) is 0 Å². The van der Waals surface area contributed by atoms with Crippen LogP contribution in [0, 0.1) is 0 Å². The monoisotopic (exact) mass is 519 g/mol. The number of esters is 1. The van der Waals surface area contributed by atoms with Crippen molar-refractivity contribution in [3.05, 3.63) is 132 Å². The summed E-state index contributed by atoms with van der Waals surface area (Å²) in [5.74, 6) is 0.438. The number of imidazole rings is 1. The number of methoxy groups -OCH3 is 1. The molecule has 5 rings (SSSR count). The van der Waals surface area contributed by atoms with Gasteiger partial charge in [-0.05, 0) is 47.0 Å². The Morgan fingerprint density at radius 2 is 1.64 bits per heavy atom. The van der Waals surface area contributed by atoms with Gasteiger partial charge in [0.05, 0.1) is 31.5 Å². The first-order valence-corrected chi connectivity index (χ1v) is 12.6. The quantitative estimate of drug-likeness (QED) is 0.165. The molecule has 0 atom stereocenters. The average molecular weight is 520 g/mol. The van der Waals surface area contributed by atoms with Gasteiger partial charge in [-0.1, -0.05) is 72.8 Å². The van der Waals surface area contributed by atoms with Gasteiger partial charge >= 0.3 is 5.97 Å². The summed E-state index contributed by atoms with van der Waals surface area (Å²) in [5.41, 5.74) is 9.65. The molecule has 0 amide bonds. The number of pyridine rings is 1. The Balaban J connectivity index is 1.18. The van der Waals surface area contributed by atoms with E-state index in [1.165, 1.54) is 7.11 Å². The third-order valence-electron chi connectivity index (χ3n) is 6.22. The Labute approximate surface area is 227 Å². The van der Waals surface area contributed by atoms with Crippen molar-refractivity contribution in [2.24, 2.45) is 0 Å². The number of benzene rings is 3. The van der Waals surface area contributed by atoms with Crippen molar-refractivity contribution >= 4 is 17.3 Å². The fourth-order valence-corrected chi connectivity index (χ4v) is 4.17. The third-order valence-corrected chi connectivity index (χ3v) is 6.22. The molecular weight excluding hydrogens is 490 g/mol. The lowest BCUT2D eigenvalue weighted by Gasteiger charge is -2.13. The van der Waals surface area contributed by atoms with Crippen LogP contribution in [0.3, 0.4) is 0 Å². The molecule has 0 aliphatic rings. The number of nitrogens with one attached hydrogen (secondary N) is 1. The fraction of sp³-hybridized carbons (Fsp3) is 0.125. The molecule has 0 radical (unpaired) electrons. The molecule has 3 aromatic carbocycles. The highest BCUT2D eigenvalue weighted by atomic mass is 16.6. The summed E-state index contributed by atoms with van der Waals surface area (Å²) in [7, 11) is 1.37. The van der Waals surface area contributed by atoms with Crippen LogP contribution in [0.25, 0.3) is 22.6 Å². The highest BCUT2D eigenvalue weighted by molar-refractivity contribution is 5.75. The van der Waals surface area contributed by atoms with E-state index in [1.807, 2.05) is 85.2 Å². The number of fused-ring (bicyclic) bond motifs is 1. The van der Waals surface area contributed by atoms with E-state index in [9.17, 15) is 4.79 Å². The summed E-state index contributed by atoms with van der Waals surface area (Å²) in [5, 5.41) is 0. The molecule has 196 valence electrons. The summed E-state index contributed by atoms with van der Waals surface area (Å²) in [6.45, 7) is 0.733. The van der Waals surface area contributed by atoms with Gasteiger partial charge in [0.15, 0.2) is 0 Å². The first-order valence-electron chi connectivity index (χ1n) is 12.6. The van der Waals surface area contributed by atoms with E-state index >= 15 is 0 Å². The normalized spacial score (nSPS) is 11.4. The predicted molar refractivity (Wildman–Crippen MR) is 150 cm³/mol. The summed E-state index contributed by atoms with van der Waals surface area (Å²) >= 11 is 0. The second-order valence-electron chi connectivity index (χ2n) is 8.82. The Morgan fingerprint density at radius 1 is 0.897 bits per heavy atom. The van der Waals surface area contributed by atoms with Gasteiger partial charge in [-0.15, -0.1) is 0 Å². The van der Waals surface area contributed by atoms with Crippen LogP contribution in [-0.4, -0.2) is 22.5 Å². The van der Waals surface area contributed by atoms with E-state index in [0.29, 0.717) is 18.9 Å². The largest absolute Gasteiger partial charge is 0.489 e. The number of rotatable bonds is 11. The van der Waals surface area contributed by atoms with Crippen LogP contribution in [0.5, 0.6) is 5.75 Å². The lowest BCUT2D eigenvalue weighted by atomic mass is 10.1. The van der Waals surface area contributed by atoms with Crippen molar-refractivity contribution in [2.75, 3.05) is 7.11 Å². The number of carbonyl (C=O) groups excluding carboxylic acids is 1. The minimum absolute atomic E-state index is 0.142. The topological polar surface area (TPSA) is 74.1 Å². The van der Waals surface area contributed by atoms with Gasteiger partial charge in [-0.25, -0.2) is 4.98 Å². The highest BCUT2D eigenvalue weighted by Crippen LogP contribution is 2.24. The van der Waals surface area contributed by atoms with Gasteiger partial charge in [-0.2, -0.15) is 0 Å². The molecule has 2 heterocycles. The highest BCUT2D eigenvalue weighted by Gasteiger charge is 2.10. The van der Waals surface area contributed by atoms with E-state index in [2.05, 4.69) is 39.1 Å². The number of ether oxygens (including phenoxy) is 2. The van der Waals surface area contributed by atoms with Crippen molar-refractivity contribution in [3.8, 4) is 17.0 Å². The predicted octanol–water partition coefficient (Wildman–Crippen LogP) is 6.21. The fourth-order valence-electron chi connectivity index (χ4n) is 4.17. The van der Waals surface area contributed by atoms with Crippen molar-refractivity contribution in [3.63, 3.8) is 0 Å². The minimum atomic E-state index is -0.318. The number of hydrogen-bond acceptors (Lipinski definition) is 6. The molecule has 5 aromatic rings. The molecular formula is C32H29N3O4.